The van der Waals surface area contributed by atoms with Gasteiger partial charge in [0, 0.05) is 10.9 Å². The molecule has 1 aromatic heterocycles. The van der Waals surface area contributed by atoms with E-state index in [1.54, 1.807) is 18.3 Å². The molecule has 0 spiro atoms. The van der Waals surface area contributed by atoms with E-state index in [2.05, 4.69) is 19.2 Å². The molecule has 1 atom stereocenters. The molecule has 0 bridgehead atoms. The third kappa shape index (κ3) is 3.82. The van der Waals surface area contributed by atoms with E-state index >= 15 is 0 Å². The second-order valence-corrected chi connectivity index (χ2v) is 5.36. The summed E-state index contributed by atoms with van der Waals surface area (Å²) < 4.78 is 0. The van der Waals surface area contributed by atoms with E-state index < -0.39 is 0 Å². The Bertz CT molecular complexity index is 373. The zero-order valence-electron chi connectivity index (χ0n) is 10.7. The minimum atomic E-state index is -0.190. The van der Waals surface area contributed by atoms with Crippen LogP contribution < -0.4 is 5.32 Å². The third-order valence-corrected chi connectivity index (χ3v) is 3.87. The maximum absolute atomic E-state index is 11.9. The molecule has 1 amide bonds. The normalized spacial score (nSPS) is 12.5. The number of amides is 1. The summed E-state index contributed by atoms with van der Waals surface area (Å²) in [6, 6.07) is 1.79. The molecule has 0 aliphatic heterocycles. The first-order valence-corrected chi connectivity index (χ1v) is 6.97. The average molecular weight is 255 g/mol. The largest absolute Gasteiger partial charge is 0.394 e. The Hall–Kier alpha value is -0.870. The van der Waals surface area contributed by atoms with E-state index in [9.17, 15) is 4.79 Å². The van der Waals surface area contributed by atoms with Crippen molar-refractivity contribution in [2.45, 2.75) is 46.1 Å². The van der Waals surface area contributed by atoms with Crippen LogP contribution in [0.4, 0.5) is 0 Å². The summed E-state index contributed by atoms with van der Waals surface area (Å²) in [6.45, 7) is 6.02. The Labute approximate surface area is 107 Å². The van der Waals surface area contributed by atoms with Crippen molar-refractivity contribution in [3.8, 4) is 0 Å². The van der Waals surface area contributed by atoms with Crippen LogP contribution >= 0.6 is 11.3 Å². The Morgan fingerprint density at radius 2 is 2.24 bits per heavy atom. The van der Waals surface area contributed by atoms with Gasteiger partial charge >= 0.3 is 0 Å². The number of rotatable bonds is 6. The first-order valence-electron chi connectivity index (χ1n) is 6.15. The Balaban J connectivity index is 2.80. The van der Waals surface area contributed by atoms with Crippen LogP contribution in [0.5, 0.6) is 0 Å². The van der Waals surface area contributed by atoms with E-state index in [1.165, 1.54) is 10.4 Å². The molecule has 0 fully saturated rings. The quantitative estimate of drug-likeness (QED) is 0.820. The van der Waals surface area contributed by atoms with Gasteiger partial charge in [0.15, 0.2) is 0 Å². The molecule has 17 heavy (non-hydrogen) atoms. The molecule has 2 N–H and O–H groups in total. The van der Waals surface area contributed by atoms with Crippen molar-refractivity contribution in [1.29, 1.82) is 0 Å². The zero-order chi connectivity index (χ0) is 12.8. The van der Waals surface area contributed by atoms with Crippen LogP contribution in [0, 0.1) is 0 Å². The molecule has 3 nitrogen and oxygen atoms in total. The number of hydrogen-bond acceptors (Lipinski definition) is 3. The van der Waals surface area contributed by atoms with Crippen LogP contribution in [0.15, 0.2) is 6.07 Å². The highest BCUT2D eigenvalue weighted by Crippen LogP contribution is 2.24. The maximum atomic E-state index is 11.9. The molecule has 0 aliphatic rings. The molecule has 1 heterocycles. The molecule has 4 heteroatoms. The molecular formula is C13H21NO2S. The van der Waals surface area contributed by atoms with Crippen LogP contribution in [-0.2, 0) is 12.8 Å². The van der Waals surface area contributed by atoms with Crippen LogP contribution in [0.25, 0.3) is 0 Å². The van der Waals surface area contributed by atoms with Crippen LogP contribution in [0.3, 0.4) is 0 Å². The van der Waals surface area contributed by atoms with Gasteiger partial charge in [-0.1, -0.05) is 20.3 Å². The van der Waals surface area contributed by atoms with E-state index in [0.29, 0.717) is 0 Å². The molecule has 0 saturated heterocycles. The van der Waals surface area contributed by atoms with Crippen molar-refractivity contribution in [1.82, 2.24) is 5.32 Å². The lowest BCUT2D eigenvalue weighted by Gasteiger charge is -2.08. The fourth-order valence-electron chi connectivity index (χ4n) is 1.66. The summed E-state index contributed by atoms with van der Waals surface area (Å²) in [5.74, 6) is -0.0754. The number of nitrogens with one attached hydrogen (secondary N) is 1. The SMILES string of the molecule is CCCc1sc(C(=O)N[C@@H](C)CO)cc1CC. The van der Waals surface area contributed by atoms with Crippen molar-refractivity contribution in [2.24, 2.45) is 0 Å². The van der Waals surface area contributed by atoms with Gasteiger partial charge < -0.3 is 10.4 Å². The van der Waals surface area contributed by atoms with Crippen molar-refractivity contribution in [3.63, 3.8) is 0 Å². The van der Waals surface area contributed by atoms with Gasteiger partial charge in [0.2, 0.25) is 0 Å². The number of hydrogen-bond donors (Lipinski definition) is 2. The van der Waals surface area contributed by atoms with Crippen LogP contribution in [-0.4, -0.2) is 23.7 Å². The van der Waals surface area contributed by atoms with E-state index in [0.717, 1.165) is 24.1 Å². The maximum Gasteiger partial charge on any atom is 0.261 e. The lowest BCUT2D eigenvalue weighted by Crippen LogP contribution is -2.34. The topological polar surface area (TPSA) is 49.3 Å². The highest BCUT2D eigenvalue weighted by Gasteiger charge is 2.14. The number of carbonyl (C=O) groups excluding carboxylic acids is 1. The lowest BCUT2D eigenvalue weighted by atomic mass is 10.1. The lowest BCUT2D eigenvalue weighted by molar-refractivity contribution is 0.0926. The Kier molecular flexibility index (Phi) is 5.65. The number of carbonyl (C=O) groups is 1. The Morgan fingerprint density at radius 1 is 1.53 bits per heavy atom. The number of aryl methyl sites for hydroxylation is 2. The molecule has 0 aromatic carbocycles. The van der Waals surface area contributed by atoms with Crippen molar-refractivity contribution in [3.05, 3.63) is 21.4 Å². The fourth-order valence-corrected chi connectivity index (χ4v) is 2.92. The molecule has 0 saturated carbocycles. The summed E-state index contributed by atoms with van der Waals surface area (Å²) in [4.78, 5) is 14.0. The number of thiophene rings is 1. The minimum absolute atomic E-state index is 0.0282. The summed E-state index contributed by atoms with van der Waals surface area (Å²) in [7, 11) is 0. The molecule has 0 unspecified atom stereocenters. The second-order valence-electron chi connectivity index (χ2n) is 4.22. The predicted octanol–water partition coefficient (Wildman–Crippen LogP) is 2.37. The van der Waals surface area contributed by atoms with Gasteiger partial charge in [0.25, 0.3) is 5.91 Å². The zero-order valence-corrected chi connectivity index (χ0v) is 11.6. The van der Waals surface area contributed by atoms with E-state index in [4.69, 9.17) is 5.11 Å². The van der Waals surface area contributed by atoms with Gasteiger partial charge in [0.1, 0.15) is 0 Å². The molecular weight excluding hydrogens is 234 g/mol. The van der Waals surface area contributed by atoms with Crippen LogP contribution in [0.1, 0.15) is 47.3 Å². The molecule has 1 aromatic rings. The van der Waals surface area contributed by atoms with Gasteiger partial charge in [-0.05, 0) is 31.4 Å². The van der Waals surface area contributed by atoms with Gasteiger partial charge in [-0.2, -0.15) is 0 Å². The second kappa shape index (κ2) is 6.77. The van der Waals surface area contributed by atoms with E-state index in [-0.39, 0.29) is 18.6 Å². The number of aliphatic hydroxyl groups excluding tert-OH is 1. The van der Waals surface area contributed by atoms with Crippen molar-refractivity contribution >= 4 is 17.2 Å². The van der Waals surface area contributed by atoms with Crippen molar-refractivity contribution in [2.75, 3.05) is 6.61 Å². The molecule has 0 aliphatic carbocycles. The highest BCUT2D eigenvalue weighted by molar-refractivity contribution is 7.14. The molecule has 1 rings (SSSR count). The Morgan fingerprint density at radius 3 is 2.76 bits per heavy atom. The fraction of sp³-hybridized carbons (Fsp3) is 0.615. The van der Waals surface area contributed by atoms with Gasteiger partial charge in [0.05, 0.1) is 11.5 Å². The minimum Gasteiger partial charge on any atom is -0.394 e. The van der Waals surface area contributed by atoms with Gasteiger partial charge in [-0.3, -0.25) is 4.79 Å². The smallest absolute Gasteiger partial charge is 0.261 e. The predicted molar refractivity (Wildman–Crippen MR) is 71.7 cm³/mol. The monoisotopic (exact) mass is 255 g/mol. The summed E-state index contributed by atoms with van der Waals surface area (Å²) in [5.41, 5.74) is 1.28. The highest BCUT2D eigenvalue weighted by atomic mass is 32.1. The first kappa shape index (κ1) is 14.2. The van der Waals surface area contributed by atoms with Gasteiger partial charge in [-0.25, -0.2) is 0 Å². The molecule has 0 radical (unpaired) electrons. The number of aliphatic hydroxyl groups is 1. The van der Waals surface area contributed by atoms with E-state index in [1.807, 2.05) is 6.07 Å². The van der Waals surface area contributed by atoms with Gasteiger partial charge in [-0.15, -0.1) is 11.3 Å². The molecule has 96 valence electrons. The van der Waals surface area contributed by atoms with Crippen LogP contribution in [0.2, 0.25) is 0 Å². The summed E-state index contributed by atoms with van der Waals surface area (Å²) in [5, 5.41) is 11.7. The average Bonchev–Trinajstić information content (AvgIpc) is 2.72. The summed E-state index contributed by atoms with van der Waals surface area (Å²) >= 11 is 1.58. The standard InChI is InChI=1S/C13H21NO2S/c1-4-6-11-10(5-2)7-12(17-11)13(16)14-9(3)8-15/h7,9,15H,4-6,8H2,1-3H3,(H,14,16)/t9-/m0/s1. The van der Waals surface area contributed by atoms with Crippen molar-refractivity contribution < 1.29 is 9.90 Å². The first-order chi connectivity index (χ1) is 8.12. The summed E-state index contributed by atoms with van der Waals surface area (Å²) in [6.07, 6.45) is 3.10. The third-order valence-electron chi connectivity index (χ3n) is 2.63.